The molecule has 5 aliphatic rings. The van der Waals surface area contributed by atoms with Gasteiger partial charge in [-0.3, -0.25) is 4.84 Å². The van der Waals surface area contributed by atoms with Crippen molar-refractivity contribution >= 4 is 11.8 Å². The number of nitrogens with zero attached hydrogens (tertiary/aromatic N) is 2. The number of carbonyl (C=O) groups excluding carboxylic acids is 1. The van der Waals surface area contributed by atoms with Crippen LogP contribution < -0.4 is 5.32 Å². The highest BCUT2D eigenvalue weighted by molar-refractivity contribution is 5.85. The quantitative estimate of drug-likeness (QED) is 0.308. The van der Waals surface area contributed by atoms with E-state index in [9.17, 15) is 9.90 Å². The number of carbonyl (C=O) groups is 1. The summed E-state index contributed by atoms with van der Waals surface area (Å²) in [5, 5.41) is 18.2. The molecule has 0 aromatic rings. The van der Waals surface area contributed by atoms with E-state index in [0.717, 1.165) is 55.7 Å². The van der Waals surface area contributed by atoms with Gasteiger partial charge in [0.1, 0.15) is 0 Å². The fraction of sp³-hybridized carbons (Fsp3) is 0.931. The lowest BCUT2D eigenvalue weighted by molar-refractivity contribution is -0.123. The summed E-state index contributed by atoms with van der Waals surface area (Å²) in [7, 11) is 1.82. The second kappa shape index (κ2) is 9.96. The Morgan fingerprint density at radius 3 is 2.57 bits per heavy atom. The van der Waals surface area contributed by atoms with Crippen LogP contribution in [0.15, 0.2) is 5.16 Å². The van der Waals surface area contributed by atoms with Crippen LogP contribution in [0.4, 0.5) is 4.79 Å². The average Bonchev–Trinajstić information content (AvgIpc) is 3.20. The number of likely N-dealkylation sites (N-methyl/N-ethyl adjacent to an activating group) is 1. The minimum Gasteiger partial charge on any atom is -0.393 e. The van der Waals surface area contributed by atoms with Crippen molar-refractivity contribution in [3.8, 4) is 0 Å². The number of oxime groups is 1. The van der Waals surface area contributed by atoms with Crippen LogP contribution in [0.25, 0.3) is 0 Å². The number of hydrogen-bond acceptors (Lipinski definition) is 5. The summed E-state index contributed by atoms with van der Waals surface area (Å²) in [5.74, 6) is 3.47. The van der Waals surface area contributed by atoms with E-state index in [0.29, 0.717) is 29.8 Å². The fourth-order valence-corrected chi connectivity index (χ4v) is 9.65. The number of fused-ring (bicyclic) bond motifs is 5. The van der Waals surface area contributed by atoms with E-state index in [4.69, 9.17) is 4.84 Å². The zero-order chi connectivity index (χ0) is 24.8. The summed E-state index contributed by atoms with van der Waals surface area (Å²) in [6.45, 7) is 8.86. The molecule has 2 N–H and O–H groups in total. The van der Waals surface area contributed by atoms with E-state index in [1.54, 1.807) is 4.90 Å². The summed E-state index contributed by atoms with van der Waals surface area (Å²) in [4.78, 5) is 19.8. The molecule has 1 heterocycles. The molecule has 5 rings (SSSR count). The Balaban J connectivity index is 1.22. The van der Waals surface area contributed by atoms with Gasteiger partial charge >= 0.3 is 6.09 Å². The Bertz CT molecular complexity index is 811. The van der Waals surface area contributed by atoms with Crippen molar-refractivity contribution in [3.05, 3.63) is 0 Å². The highest BCUT2D eigenvalue weighted by Gasteiger charge is 2.60. The third-order valence-electron chi connectivity index (χ3n) is 11.6. The smallest absolute Gasteiger partial charge is 0.393 e. The molecular formula is C29H49N3O3. The van der Waals surface area contributed by atoms with Crippen molar-refractivity contribution in [1.82, 2.24) is 10.2 Å². The Morgan fingerprint density at radius 1 is 1.03 bits per heavy atom. The Kier molecular flexibility index (Phi) is 7.26. The van der Waals surface area contributed by atoms with Crippen LogP contribution in [0, 0.1) is 40.4 Å². The van der Waals surface area contributed by atoms with Crippen molar-refractivity contribution in [2.45, 2.75) is 110 Å². The number of aliphatic hydroxyl groups excluding tert-OH is 1. The fourth-order valence-electron chi connectivity index (χ4n) is 9.65. The Hall–Kier alpha value is -1.14. The van der Waals surface area contributed by atoms with Crippen molar-refractivity contribution in [2.75, 3.05) is 20.1 Å². The number of aliphatic hydroxyl groups is 1. The summed E-state index contributed by atoms with van der Waals surface area (Å²) in [6.07, 6.45) is 14.0. The molecule has 1 saturated heterocycles. The molecule has 0 aromatic heterocycles. The lowest BCUT2D eigenvalue weighted by atomic mass is 9.44. The van der Waals surface area contributed by atoms with Gasteiger partial charge in [0.25, 0.3) is 0 Å². The van der Waals surface area contributed by atoms with Gasteiger partial charge in [-0.1, -0.05) is 25.4 Å². The van der Waals surface area contributed by atoms with Gasteiger partial charge in [-0.05, 0) is 119 Å². The number of amides is 1. The van der Waals surface area contributed by atoms with E-state index in [1.807, 2.05) is 7.05 Å². The first kappa shape index (κ1) is 25.5. The van der Waals surface area contributed by atoms with Crippen LogP contribution in [-0.4, -0.2) is 54.1 Å². The van der Waals surface area contributed by atoms with Crippen LogP contribution >= 0.6 is 0 Å². The molecule has 0 aromatic carbocycles. The van der Waals surface area contributed by atoms with Crippen LogP contribution in [-0.2, 0) is 4.84 Å². The Morgan fingerprint density at radius 2 is 1.80 bits per heavy atom. The van der Waals surface area contributed by atoms with Crippen LogP contribution in [0.5, 0.6) is 0 Å². The van der Waals surface area contributed by atoms with E-state index in [-0.39, 0.29) is 17.6 Å². The molecular weight excluding hydrogens is 438 g/mol. The maximum Gasteiger partial charge on any atom is 0.435 e. The summed E-state index contributed by atoms with van der Waals surface area (Å²) in [6, 6.07) is 0.362. The molecule has 4 aliphatic carbocycles. The molecule has 0 bridgehead atoms. The number of nitrogens with one attached hydrogen (secondary N) is 1. The number of hydrogen-bond donors (Lipinski definition) is 2. The van der Waals surface area contributed by atoms with Gasteiger partial charge in [-0.2, -0.15) is 0 Å². The molecule has 6 nitrogen and oxygen atoms in total. The van der Waals surface area contributed by atoms with Crippen molar-refractivity contribution in [1.29, 1.82) is 0 Å². The predicted octanol–water partition coefficient (Wildman–Crippen LogP) is 5.59. The lowest BCUT2D eigenvalue weighted by Gasteiger charge is -2.61. The predicted molar refractivity (Wildman–Crippen MR) is 139 cm³/mol. The normalized spacial score (nSPS) is 45.7. The minimum atomic E-state index is -0.342. The second-order valence-electron chi connectivity index (χ2n) is 13.4. The highest BCUT2D eigenvalue weighted by Crippen LogP contribution is 2.67. The lowest BCUT2D eigenvalue weighted by Crippen LogP contribution is -2.54. The molecule has 198 valence electrons. The number of rotatable bonds is 4. The van der Waals surface area contributed by atoms with Gasteiger partial charge in [0.15, 0.2) is 0 Å². The topological polar surface area (TPSA) is 74.2 Å². The standard InChI is InChI=1S/C29H49N3O3/c1-19(31-35-27(34)32(4)18-21-7-5-6-16-30-21)24-10-11-25-23-9-8-20-17-22(33)12-14-28(20,2)26(23)13-15-29(24,25)3/h20-26,30,33H,5-18H2,1-4H3/b31-19+/t20-,21?,22+,23-,24+,25-,26-,28-,29+/m0/s1. The summed E-state index contributed by atoms with van der Waals surface area (Å²) >= 11 is 0. The maximum absolute atomic E-state index is 12.6. The minimum absolute atomic E-state index is 0.0751. The SMILES string of the molecule is C/C(=N\OC(=O)N(C)CC1CCCCN1)[C@H]1CC[C@H]2[C@@H]3CC[C@H]4C[C@H](O)CC[C@]4(C)[C@H]3CC[C@]12C. The van der Waals surface area contributed by atoms with Crippen molar-refractivity contribution in [2.24, 2.45) is 45.6 Å². The number of piperidine rings is 1. The van der Waals surface area contributed by atoms with Crippen LogP contribution in [0.1, 0.15) is 97.8 Å². The van der Waals surface area contributed by atoms with Gasteiger partial charge in [0.2, 0.25) is 0 Å². The monoisotopic (exact) mass is 487 g/mol. The zero-order valence-electron chi connectivity index (χ0n) is 22.6. The third kappa shape index (κ3) is 4.67. The largest absolute Gasteiger partial charge is 0.435 e. The van der Waals surface area contributed by atoms with E-state index >= 15 is 0 Å². The molecule has 1 unspecified atom stereocenters. The first-order valence-electron chi connectivity index (χ1n) is 14.6. The summed E-state index contributed by atoms with van der Waals surface area (Å²) < 4.78 is 0. The molecule has 9 atom stereocenters. The van der Waals surface area contributed by atoms with Gasteiger partial charge in [-0.25, -0.2) is 4.79 Å². The summed E-state index contributed by atoms with van der Waals surface area (Å²) in [5.41, 5.74) is 1.68. The molecule has 0 radical (unpaired) electrons. The van der Waals surface area contributed by atoms with Gasteiger partial charge in [0, 0.05) is 25.6 Å². The maximum atomic E-state index is 12.6. The molecule has 5 fully saturated rings. The highest BCUT2D eigenvalue weighted by atomic mass is 16.7. The first-order valence-corrected chi connectivity index (χ1v) is 14.6. The van der Waals surface area contributed by atoms with E-state index in [2.05, 4.69) is 31.2 Å². The molecule has 35 heavy (non-hydrogen) atoms. The average molecular weight is 488 g/mol. The van der Waals surface area contributed by atoms with Crippen molar-refractivity contribution < 1.29 is 14.7 Å². The molecule has 0 spiro atoms. The van der Waals surface area contributed by atoms with Gasteiger partial charge < -0.3 is 15.3 Å². The van der Waals surface area contributed by atoms with E-state index in [1.165, 1.54) is 51.4 Å². The van der Waals surface area contributed by atoms with E-state index < -0.39 is 0 Å². The van der Waals surface area contributed by atoms with Crippen LogP contribution in [0.3, 0.4) is 0 Å². The molecule has 6 heteroatoms. The molecule has 1 amide bonds. The second-order valence-corrected chi connectivity index (χ2v) is 13.4. The van der Waals surface area contributed by atoms with Crippen molar-refractivity contribution in [3.63, 3.8) is 0 Å². The Labute approximate surface area is 212 Å². The first-order chi connectivity index (χ1) is 16.7. The van der Waals surface area contributed by atoms with Gasteiger partial charge in [0.05, 0.1) is 11.8 Å². The van der Waals surface area contributed by atoms with Gasteiger partial charge in [-0.15, -0.1) is 0 Å². The molecule has 4 saturated carbocycles. The zero-order valence-corrected chi connectivity index (χ0v) is 22.6. The van der Waals surface area contributed by atoms with Crippen LogP contribution in [0.2, 0.25) is 0 Å². The third-order valence-corrected chi connectivity index (χ3v) is 11.6. The molecule has 1 aliphatic heterocycles.